The molecule has 0 atom stereocenters. The van der Waals surface area contributed by atoms with Gasteiger partial charge in [-0.1, -0.05) is 6.07 Å². The fraction of sp³-hybridized carbons (Fsp3) is 0.348. The predicted molar refractivity (Wildman–Crippen MR) is 125 cm³/mol. The first-order valence-electron chi connectivity index (χ1n) is 11.3. The fourth-order valence-electron chi connectivity index (χ4n) is 4.64. The van der Waals surface area contributed by atoms with E-state index in [9.17, 15) is 5.11 Å². The van der Waals surface area contributed by atoms with E-state index in [2.05, 4.69) is 30.5 Å². The van der Waals surface area contributed by atoms with Crippen LogP contribution in [0.2, 0.25) is 0 Å². The Hall–Kier alpha value is -3.79. The smallest absolute Gasteiger partial charge is 0.161 e. The van der Waals surface area contributed by atoms with E-state index >= 15 is 0 Å². The van der Waals surface area contributed by atoms with Crippen molar-refractivity contribution in [1.29, 1.82) is 0 Å². The number of fused-ring (bicyclic) bond motifs is 2. The molecule has 6 rings (SSSR count). The summed E-state index contributed by atoms with van der Waals surface area (Å²) < 4.78 is 1.69. The molecule has 0 spiro atoms. The third-order valence-corrected chi connectivity index (χ3v) is 6.26. The lowest BCUT2D eigenvalue weighted by atomic mass is 10.0. The summed E-state index contributed by atoms with van der Waals surface area (Å²) in [6.45, 7) is 2.45. The fourth-order valence-corrected chi connectivity index (χ4v) is 4.64. The number of hydrazone groups is 1. The number of hydrogen-bond acceptors (Lipinski definition) is 8. The van der Waals surface area contributed by atoms with Crippen LogP contribution >= 0.6 is 0 Å². The lowest BCUT2D eigenvalue weighted by Crippen LogP contribution is -2.30. The molecule has 0 saturated carbocycles. The maximum atomic E-state index is 9.71. The van der Waals surface area contributed by atoms with E-state index in [0.717, 1.165) is 52.5 Å². The molecular formula is C23H25N9O. The maximum Gasteiger partial charge on any atom is 0.161 e. The number of aromatic nitrogens is 6. The first-order chi connectivity index (χ1) is 16.2. The average Bonchev–Trinajstić information content (AvgIpc) is 3.47. The van der Waals surface area contributed by atoms with E-state index in [0.29, 0.717) is 23.8 Å². The zero-order valence-electron chi connectivity index (χ0n) is 18.4. The van der Waals surface area contributed by atoms with E-state index in [1.165, 1.54) is 19.3 Å². The third-order valence-electron chi connectivity index (χ3n) is 6.26. The van der Waals surface area contributed by atoms with E-state index in [-0.39, 0.29) is 6.61 Å². The van der Waals surface area contributed by atoms with Gasteiger partial charge in [0, 0.05) is 43.7 Å². The number of rotatable bonds is 4. The second kappa shape index (κ2) is 7.96. The summed E-state index contributed by atoms with van der Waals surface area (Å²) in [7, 11) is 1.83. The number of imidazole rings is 1. The van der Waals surface area contributed by atoms with Gasteiger partial charge >= 0.3 is 0 Å². The Morgan fingerprint density at radius 1 is 1.09 bits per heavy atom. The molecule has 6 heterocycles. The van der Waals surface area contributed by atoms with Crippen LogP contribution in [0.4, 0.5) is 5.82 Å². The van der Waals surface area contributed by atoms with Crippen LogP contribution in [0.5, 0.6) is 0 Å². The number of aryl methyl sites for hydroxylation is 1. The minimum atomic E-state index is -0.146. The van der Waals surface area contributed by atoms with Gasteiger partial charge in [-0.3, -0.25) is 4.68 Å². The van der Waals surface area contributed by atoms with Crippen molar-refractivity contribution in [3.8, 4) is 11.3 Å². The number of aliphatic hydroxyl groups is 1. The van der Waals surface area contributed by atoms with Crippen LogP contribution < -0.4 is 10.3 Å². The highest BCUT2D eigenvalue weighted by Gasteiger charge is 2.24. The molecule has 0 aromatic carbocycles. The van der Waals surface area contributed by atoms with Gasteiger partial charge in [0.2, 0.25) is 0 Å². The number of aromatic amines is 1. The number of nitrogens with zero attached hydrogens (tertiary/aromatic N) is 7. The van der Waals surface area contributed by atoms with Crippen LogP contribution in [0.15, 0.2) is 35.7 Å². The molecule has 1 saturated heterocycles. The van der Waals surface area contributed by atoms with Gasteiger partial charge in [0.25, 0.3) is 0 Å². The molecule has 4 aromatic rings. The van der Waals surface area contributed by atoms with Crippen molar-refractivity contribution >= 4 is 22.6 Å². The monoisotopic (exact) mass is 443 g/mol. The number of anilines is 1. The van der Waals surface area contributed by atoms with Crippen molar-refractivity contribution in [2.24, 2.45) is 12.1 Å². The Balaban J connectivity index is 1.43. The molecule has 10 heteroatoms. The molecule has 0 aliphatic carbocycles. The molecule has 2 aliphatic heterocycles. The SMILES string of the molecule is Cn1cc(-c2ccc3c(n2)C(c2nc4c(N5CCCCC5)nccc4[nH]2)=NNC3)c(CO)n1. The molecule has 168 valence electrons. The van der Waals surface area contributed by atoms with Gasteiger partial charge < -0.3 is 20.4 Å². The summed E-state index contributed by atoms with van der Waals surface area (Å²) in [6, 6.07) is 5.94. The first-order valence-corrected chi connectivity index (χ1v) is 11.3. The summed E-state index contributed by atoms with van der Waals surface area (Å²) in [4.78, 5) is 20.2. The number of H-pyrrole nitrogens is 1. The number of aliphatic hydroxyl groups excluding tert-OH is 1. The van der Waals surface area contributed by atoms with E-state index in [4.69, 9.17) is 9.97 Å². The summed E-state index contributed by atoms with van der Waals surface area (Å²) in [5.74, 6) is 1.58. The lowest BCUT2D eigenvalue weighted by Gasteiger charge is -2.27. The summed E-state index contributed by atoms with van der Waals surface area (Å²) in [5, 5.41) is 18.6. The van der Waals surface area contributed by atoms with Crippen molar-refractivity contribution in [3.63, 3.8) is 0 Å². The maximum absolute atomic E-state index is 9.71. The van der Waals surface area contributed by atoms with Crippen molar-refractivity contribution < 1.29 is 5.11 Å². The van der Waals surface area contributed by atoms with Crippen LogP contribution in [-0.2, 0) is 20.2 Å². The van der Waals surface area contributed by atoms with Gasteiger partial charge in [-0.25, -0.2) is 15.0 Å². The Kier molecular flexibility index (Phi) is 4.79. The van der Waals surface area contributed by atoms with Crippen LogP contribution in [0.25, 0.3) is 22.3 Å². The van der Waals surface area contributed by atoms with E-state index < -0.39 is 0 Å². The zero-order chi connectivity index (χ0) is 22.4. The normalized spacial score (nSPS) is 15.9. The Bertz CT molecular complexity index is 1360. The molecule has 3 N–H and O–H groups in total. The highest BCUT2D eigenvalue weighted by molar-refractivity contribution is 6.12. The van der Waals surface area contributed by atoms with Gasteiger partial charge in [-0.05, 0) is 31.4 Å². The van der Waals surface area contributed by atoms with Gasteiger partial charge in [0.05, 0.1) is 30.1 Å². The Labute approximate surface area is 190 Å². The molecule has 33 heavy (non-hydrogen) atoms. The minimum absolute atomic E-state index is 0.146. The largest absolute Gasteiger partial charge is 0.390 e. The molecule has 0 unspecified atom stereocenters. The van der Waals surface area contributed by atoms with Crippen molar-refractivity contribution in [2.75, 3.05) is 18.0 Å². The molecule has 0 radical (unpaired) electrons. The number of nitrogens with one attached hydrogen (secondary N) is 2. The van der Waals surface area contributed by atoms with Gasteiger partial charge in [-0.15, -0.1) is 0 Å². The molecule has 0 amide bonds. The zero-order valence-corrected chi connectivity index (χ0v) is 18.4. The van der Waals surface area contributed by atoms with Gasteiger partial charge in [0.15, 0.2) is 17.4 Å². The van der Waals surface area contributed by atoms with Crippen molar-refractivity contribution in [1.82, 2.24) is 35.1 Å². The minimum Gasteiger partial charge on any atom is -0.390 e. The lowest BCUT2D eigenvalue weighted by molar-refractivity contribution is 0.276. The predicted octanol–water partition coefficient (Wildman–Crippen LogP) is 2.09. The third kappa shape index (κ3) is 3.43. The summed E-state index contributed by atoms with van der Waals surface area (Å²) in [6.07, 6.45) is 7.32. The highest BCUT2D eigenvalue weighted by atomic mass is 16.3. The molecule has 0 bridgehead atoms. The first kappa shape index (κ1) is 19.9. The van der Waals surface area contributed by atoms with E-state index in [1.807, 2.05) is 37.6 Å². The van der Waals surface area contributed by atoms with Crippen molar-refractivity contribution in [2.45, 2.75) is 32.4 Å². The number of hydrogen-bond donors (Lipinski definition) is 3. The summed E-state index contributed by atoms with van der Waals surface area (Å²) >= 11 is 0. The molecule has 10 nitrogen and oxygen atoms in total. The van der Waals surface area contributed by atoms with Gasteiger partial charge in [-0.2, -0.15) is 10.2 Å². The quantitative estimate of drug-likeness (QED) is 0.442. The van der Waals surface area contributed by atoms with Crippen molar-refractivity contribution in [3.05, 3.63) is 53.4 Å². The summed E-state index contributed by atoms with van der Waals surface area (Å²) in [5.41, 5.74) is 9.50. The molecule has 4 aromatic heterocycles. The van der Waals surface area contributed by atoms with E-state index in [1.54, 1.807) is 4.68 Å². The average molecular weight is 444 g/mol. The highest BCUT2D eigenvalue weighted by Crippen LogP contribution is 2.28. The molecule has 1 fully saturated rings. The Morgan fingerprint density at radius 2 is 1.97 bits per heavy atom. The van der Waals surface area contributed by atoms with Crippen LogP contribution in [-0.4, -0.2) is 53.6 Å². The Morgan fingerprint density at radius 3 is 2.82 bits per heavy atom. The standard InChI is InChI=1S/C23H25N9O/c1-31-12-15(18(13-33)30-31)16-6-5-14-11-25-29-21(19(14)26-16)22-27-17-7-8-24-23(20(17)28-22)32-9-3-2-4-10-32/h5-8,12,25,33H,2-4,9-11,13H2,1H3,(H,27,28). The van der Waals surface area contributed by atoms with Gasteiger partial charge in [0.1, 0.15) is 11.2 Å². The second-order valence-corrected chi connectivity index (χ2v) is 8.48. The topological polar surface area (TPSA) is 120 Å². The molecular weight excluding hydrogens is 418 g/mol. The van der Waals surface area contributed by atoms with Crippen LogP contribution in [0, 0.1) is 0 Å². The van der Waals surface area contributed by atoms with Crippen LogP contribution in [0.1, 0.15) is 42.0 Å². The van der Waals surface area contributed by atoms with Crippen LogP contribution in [0.3, 0.4) is 0 Å². The number of piperidine rings is 1. The number of pyridine rings is 2. The second-order valence-electron chi connectivity index (χ2n) is 8.48. The molecule has 2 aliphatic rings.